The number of rotatable bonds is 4. The topological polar surface area (TPSA) is 70.6 Å². The Morgan fingerprint density at radius 2 is 1.80 bits per heavy atom. The lowest BCUT2D eigenvalue weighted by atomic mass is 10.2. The molecule has 1 aliphatic rings. The molecule has 1 aliphatic heterocycles. The number of aromatic nitrogens is 1. The van der Waals surface area contributed by atoms with E-state index in [2.05, 4.69) is 4.98 Å². The van der Waals surface area contributed by atoms with Crippen LogP contribution >= 0.6 is 0 Å². The van der Waals surface area contributed by atoms with Gasteiger partial charge in [0.25, 0.3) is 5.91 Å². The van der Waals surface area contributed by atoms with Crippen molar-refractivity contribution in [2.45, 2.75) is 12.5 Å². The lowest BCUT2D eigenvalue weighted by molar-refractivity contribution is 0.0988. The van der Waals surface area contributed by atoms with Gasteiger partial charge in [0.2, 0.25) is 0 Å². The lowest BCUT2D eigenvalue weighted by Gasteiger charge is -2.25. The van der Waals surface area contributed by atoms with Gasteiger partial charge in [-0.2, -0.15) is 0 Å². The molecule has 1 unspecified atom stereocenters. The van der Waals surface area contributed by atoms with Crippen LogP contribution in [-0.4, -0.2) is 51.0 Å². The molecule has 1 amide bonds. The zero-order chi connectivity index (χ0) is 18.0. The van der Waals surface area contributed by atoms with Crippen LogP contribution in [0.3, 0.4) is 0 Å². The quantitative estimate of drug-likeness (QED) is 0.835. The maximum atomic E-state index is 12.5. The van der Waals surface area contributed by atoms with E-state index in [-0.39, 0.29) is 23.5 Å². The zero-order valence-electron chi connectivity index (χ0n) is 14.3. The number of hydrogen-bond donors (Lipinski definition) is 0. The Morgan fingerprint density at radius 1 is 1.08 bits per heavy atom. The van der Waals surface area contributed by atoms with Gasteiger partial charge in [0.15, 0.2) is 9.84 Å². The molecule has 2 aromatic rings. The van der Waals surface area contributed by atoms with Gasteiger partial charge in [-0.1, -0.05) is 18.2 Å². The summed E-state index contributed by atoms with van der Waals surface area (Å²) in [5, 5.41) is 0. The second-order valence-corrected chi connectivity index (χ2v) is 8.50. The van der Waals surface area contributed by atoms with Crippen molar-refractivity contribution in [3.8, 4) is 0 Å². The molecule has 25 heavy (non-hydrogen) atoms. The summed E-state index contributed by atoms with van der Waals surface area (Å²) in [4.78, 5) is 20.3. The minimum Gasteiger partial charge on any atom is -0.369 e. The fourth-order valence-electron chi connectivity index (χ4n) is 2.95. The third-order valence-electron chi connectivity index (χ3n) is 4.58. The van der Waals surface area contributed by atoms with Crippen molar-refractivity contribution >= 4 is 27.1 Å². The minimum atomic E-state index is -2.93. The number of anilines is 2. The van der Waals surface area contributed by atoms with Crippen molar-refractivity contribution in [2.24, 2.45) is 0 Å². The molecule has 0 bridgehead atoms. The molecule has 1 fully saturated rings. The minimum absolute atomic E-state index is 0.0413. The average molecular weight is 359 g/mol. The average Bonchev–Trinajstić information content (AvgIpc) is 3.00. The van der Waals surface area contributed by atoms with Crippen LogP contribution in [0.15, 0.2) is 48.7 Å². The van der Waals surface area contributed by atoms with E-state index in [0.717, 1.165) is 11.4 Å². The molecule has 1 atom stereocenters. The van der Waals surface area contributed by atoms with Crippen molar-refractivity contribution in [2.75, 3.05) is 35.4 Å². The Morgan fingerprint density at radius 3 is 2.36 bits per heavy atom. The first kappa shape index (κ1) is 17.4. The maximum absolute atomic E-state index is 12.5. The van der Waals surface area contributed by atoms with E-state index in [9.17, 15) is 13.2 Å². The van der Waals surface area contributed by atoms with Crippen LogP contribution in [0.5, 0.6) is 0 Å². The summed E-state index contributed by atoms with van der Waals surface area (Å²) in [5.41, 5.74) is 1.95. The summed E-state index contributed by atoms with van der Waals surface area (Å²) in [6.07, 6.45) is 2.24. The Kier molecular flexibility index (Phi) is 4.76. The summed E-state index contributed by atoms with van der Waals surface area (Å²) >= 11 is 0. The van der Waals surface area contributed by atoms with Gasteiger partial charge < -0.3 is 9.80 Å². The highest BCUT2D eigenvalue weighted by Gasteiger charge is 2.31. The Balaban J connectivity index is 1.73. The molecule has 0 spiro atoms. The second kappa shape index (κ2) is 6.84. The number of amides is 1. The number of sulfone groups is 1. The highest BCUT2D eigenvalue weighted by Crippen LogP contribution is 2.23. The first-order chi connectivity index (χ1) is 11.9. The monoisotopic (exact) mass is 359 g/mol. The molecule has 132 valence electrons. The summed E-state index contributed by atoms with van der Waals surface area (Å²) in [7, 11) is 0.637. The first-order valence-corrected chi connectivity index (χ1v) is 9.92. The number of para-hydroxylation sites is 1. The van der Waals surface area contributed by atoms with E-state index in [0.29, 0.717) is 12.1 Å². The molecule has 2 heterocycles. The van der Waals surface area contributed by atoms with Crippen LogP contribution in [0.25, 0.3) is 0 Å². The predicted octanol–water partition coefficient (Wildman–Crippen LogP) is 1.98. The zero-order valence-corrected chi connectivity index (χ0v) is 15.1. The highest BCUT2D eigenvalue weighted by molar-refractivity contribution is 7.91. The molecule has 0 saturated carbocycles. The molecular formula is C18H21N3O3S. The van der Waals surface area contributed by atoms with Gasteiger partial charge in [0.05, 0.1) is 23.4 Å². The molecule has 3 rings (SSSR count). The Labute approximate surface area is 148 Å². The number of carbonyl (C=O) groups is 1. The first-order valence-electron chi connectivity index (χ1n) is 8.10. The third-order valence-corrected chi connectivity index (χ3v) is 6.33. The molecule has 1 aromatic heterocycles. The van der Waals surface area contributed by atoms with Gasteiger partial charge in [-0.05, 0) is 30.7 Å². The fraction of sp³-hybridized carbons (Fsp3) is 0.333. The van der Waals surface area contributed by atoms with Crippen molar-refractivity contribution < 1.29 is 13.2 Å². The van der Waals surface area contributed by atoms with E-state index in [1.165, 1.54) is 0 Å². The summed E-state index contributed by atoms with van der Waals surface area (Å²) < 4.78 is 23.3. The lowest BCUT2D eigenvalue weighted by Crippen LogP contribution is -2.33. The molecule has 0 radical (unpaired) electrons. The number of hydrogen-bond acceptors (Lipinski definition) is 5. The second-order valence-electron chi connectivity index (χ2n) is 6.27. The molecule has 0 N–H and O–H groups in total. The van der Waals surface area contributed by atoms with E-state index >= 15 is 0 Å². The number of benzene rings is 1. The number of nitrogens with zero attached hydrogens (tertiary/aromatic N) is 3. The van der Waals surface area contributed by atoms with E-state index in [1.54, 1.807) is 24.2 Å². The van der Waals surface area contributed by atoms with Crippen LogP contribution in [0, 0.1) is 0 Å². The maximum Gasteiger partial charge on any atom is 0.276 e. The van der Waals surface area contributed by atoms with Crippen LogP contribution in [0.1, 0.15) is 16.9 Å². The molecule has 6 nitrogen and oxygen atoms in total. The van der Waals surface area contributed by atoms with Gasteiger partial charge in [-0.3, -0.25) is 4.79 Å². The number of pyridine rings is 1. The van der Waals surface area contributed by atoms with Crippen molar-refractivity contribution in [3.63, 3.8) is 0 Å². The third kappa shape index (κ3) is 3.82. The Hall–Kier alpha value is -2.41. The molecule has 7 heteroatoms. The van der Waals surface area contributed by atoms with E-state index in [4.69, 9.17) is 0 Å². The SMILES string of the molecule is CN(C(=O)c1ccc(N(C)C2CCS(=O)(=O)C2)cn1)c1ccccc1. The van der Waals surface area contributed by atoms with Gasteiger partial charge in [0, 0.05) is 25.8 Å². The van der Waals surface area contributed by atoms with Gasteiger partial charge in [-0.25, -0.2) is 13.4 Å². The predicted molar refractivity (Wildman–Crippen MR) is 98.9 cm³/mol. The highest BCUT2D eigenvalue weighted by atomic mass is 32.2. The van der Waals surface area contributed by atoms with Gasteiger partial charge >= 0.3 is 0 Å². The van der Waals surface area contributed by atoms with Crippen LogP contribution < -0.4 is 9.80 Å². The molecule has 0 aliphatic carbocycles. The molecule has 1 saturated heterocycles. The normalized spacial score (nSPS) is 18.7. The molecular weight excluding hydrogens is 338 g/mol. The van der Waals surface area contributed by atoms with Crippen LogP contribution in [0.2, 0.25) is 0 Å². The van der Waals surface area contributed by atoms with Crippen molar-refractivity contribution in [1.29, 1.82) is 0 Å². The Bertz CT molecular complexity index is 851. The van der Waals surface area contributed by atoms with Crippen molar-refractivity contribution in [1.82, 2.24) is 4.98 Å². The summed E-state index contributed by atoms with van der Waals surface area (Å²) in [6, 6.07) is 12.8. The van der Waals surface area contributed by atoms with Gasteiger partial charge in [0.1, 0.15) is 5.69 Å². The largest absolute Gasteiger partial charge is 0.369 e. The fourth-order valence-corrected chi connectivity index (χ4v) is 4.73. The van der Waals surface area contributed by atoms with Crippen LogP contribution in [0.4, 0.5) is 11.4 Å². The van der Waals surface area contributed by atoms with Crippen LogP contribution in [-0.2, 0) is 9.84 Å². The standard InChI is InChI=1S/C18H21N3O3S/c1-20(16-10-11-25(23,24)13-16)15-8-9-17(19-12-15)18(22)21(2)14-6-4-3-5-7-14/h3-9,12,16H,10-11,13H2,1-2H3. The number of carbonyl (C=O) groups excluding carboxylic acids is 1. The molecule has 1 aromatic carbocycles. The van der Waals surface area contributed by atoms with Crippen molar-refractivity contribution in [3.05, 3.63) is 54.4 Å². The van der Waals surface area contributed by atoms with Gasteiger partial charge in [-0.15, -0.1) is 0 Å². The van der Waals surface area contributed by atoms with E-state index < -0.39 is 9.84 Å². The summed E-state index contributed by atoms with van der Waals surface area (Å²) in [6.45, 7) is 0. The summed E-state index contributed by atoms with van der Waals surface area (Å²) in [5.74, 6) is 0.207. The van der Waals surface area contributed by atoms with E-state index in [1.807, 2.05) is 48.3 Å². The smallest absolute Gasteiger partial charge is 0.276 e.